The molecule has 0 N–H and O–H groups in total. The van der Waals surface area contributed by atoms with Crippen molar-refractivity contribution < 1.29 is 50.7 Å². The Kier molecular flexibility index (Phi) is 13.8. The van der Waals surface area contributed by atoms with E-state index in [1.165, 1.54) is 76.5 Å². The molecule has 0 aliphatic rings. The van der Waals surface area contributed by atoms with Crippen LogP contribution in [0.25, 0.3) is 65.3 Å². The summed E-state index contributed by atoms with van der Waals surface area (Å²) in [6.45, 7) is 8.64. The zero-order valence-electron chi connectivity index (χ0n) is 26.6. The van der Waals surface area contributed by atoms with Crippen LogP contribution in [0.1, 0.15) is 11.1 Å². The first kappa shape index (κ1) is 37.2. The van der Waals surface area contributed by atoms with Crippen molar-refractivity contribution in [3.8, 4) is 22.3 Å². The summed E-state index contributed by atoms with van der Waals surface area (Å²) < 4.78 is 0. The zero-order chi connectivity index (χ0) is 29.8. The summed E-state index contributed by atoms with van der Waals surface area (Å²) in [6, 6.07) is 52.6. The molecule has 0 fully saturated rings. The molecule has 0 saturated heterocycles. The van der Waals surface area contributed by atoms with Crippen LogP contribution in [0.4, 0.5) is 0 Å². The topological polar surface area (TPSA) is 0 Å². The molecule has 0 nitrogen and oxygen atoms in total. The summed E-state index contributed by atoms with van der Waals surface area (Å²) in [6.07, 6.45) is 0. The molecule has 0 unspecified atom stereocenters. The first-order chi connectivity index (χ1) is 21.0. The van der Waals surface area contributed by atoms with Gasteiger partial charge in [-0.1, -0.05) is 145 Å². The molecule has 2 radical (unpaired) electrons. The van der Waals surface area contributed by atoms with Crippen molar-refractivity contribution in [2.45, 2.75) is 26.9 Å². The summed E-state index contributed by atoms with van der Waals surface area (Å²) in [4.78, 5) is 0. The van der Waals surface area contributed by atoms with E-state index in [9.17, 15) is 0 Å². The Balaban J connectivity index is 0.000000218. The molecule has 8 rings (SSSR count). The molecule has 0 bridgehead atoms. The Labute approximate surface area is 307 Å². The maximum Gasteiger partial charge on any atom is 4.00 e. The second-order valence-corrected chi connectivity index (χ2v) is 12.3. The van der Waals surface area contributed by atoms with Gasteiger partial charge in [0.1, 0.15) is 0 Å². The largest absolute Gasteiger partial charge is 4.00 e. The quantitative estimate of drug-likeness (QED) is 0.145. The molecular formula is C42H36Cl2HfSi. The van der Waals surface area contributed by atoms with Gasteiger partial charge in [0.25, 0.3) is 0 Å². The molecule has 4 heteroatoms. The van der Waals surface area contributed by atoms with Gasteiger partial charge in [-0.3, -0.25) is 0 Å². The van der Waals surface area contributed by atoms with E-state index >= 15 is 0 Å². The second-order valence-electron chi connectivity index (χ2n) is 11.3. The van der Waals surface area contributed by atoms with Crippen molar-refractivity contribution in [2.75, 3.05) is 0 Å². The molecule has 0 spiro atoms. The van der Waals surface area contributed by atoms with E-state index in [2.05, 4.69) is 173 Å². The van der Waals surface area contributed by atoms with Crippen molar-refractivity contribution in [2.24, 2.45) is 0 Å². The van der Waals surface area contributed by atoms with Crippen LogP contribution in [0.3, 0.4) is 0 Å². The molecule has 0 aliphatic heterocycles. The molecule has 0 aromatic heterocycles. The van der Waals surface area contributed by atoms with E-state index in [1.807, 2.05) is 0 Å². The number of hydrogen-bond donors (Lipinski definition) is 0. The molecule has 8 aromatic rings. The minimum absolute atomic E-state index is 0. The molecule has 46 heavy (non-hydrogen) atoms. The molecule has 0 heterocycles. The van der Waals surface area contributed by atoms with Crippen LogP contribution in [0.5, 0.6) is 0 Å². The van der Waals surface area contributed by atoms with Gasteiger partial charge in [-0.05, 0) is 35.4 Å². The van der Waals surface area contributed by atoms with E-state index in [-0.39, 0.29) is 50.7 Å². The Morgan fingerprint density at radius 1 is 0.435 bits per heavy atom. The third kappa shape index (κ3) is 8.16. The fourth-order valence-corrected chi connectivity index (χ4v) is 6.01. The van der Waals surface area contributed by atoms with Crippen LogP contribution >= 0.6 is 0 Å². The second kappa shape index (κ2) is 17.0. The summed E-state index contributed by atoms with van der Waals surface area (Å²) >= 11 is 0. The maximum atomic E-state index is 2.29. The van der Waals surface area contributed by atoms with Gasteiger partial charge in [-0.25, -0.2) is 0 Å². The van der Waals surface area contributed by atoms with Crippen LogP contribution in [0.15, 0.2) is 146 Å². The number of benzene rings is 6. The molecule has 0 amide bonds. The maximum absolute atomic E-state index is 2.29. The van der Waals surface area contributed by atoms with E-state index in [0.29, 0.717) is 0 Å². The zero-order valence-corrected chi connectivity index (χ0v) is 32.7. The molecule has 0 atom stereocenters. The van der Waals surface area contributed by atoms with E-state index < -0.39 is 0 Å². The van der Waals surface area contributed by atoms with Gasteiger partial charge < -0.3 is 24.8 Å². The van der Waals surface area contributed by atoms with E-state index in [0.717, 1.165) is 9.52 Å². The number of aryl methyl sites for hydroxylation is 2. The fourth-order valence-electron chi connectivity index (χ4n) is 6.01. The predicted molar refractivity (Wildman–Crippen MR) is 192 cm³/mol. The Bertz CT molecular complexity index is 1950. The fraction of sp³-hybridized carbons (Fsp3) is 0.0952. The molecule has 8 aromatic carbocycles. The first-order valence-electron chi connectivity index (χ1n) is 14.9. The smallest absolute Gasteiger partial charge is 1.00 e. The van der Waals surface area contributed by atoms with Crippen LogP contribution in [0.2, 0.25) is 13.1 Å². The normalized spacial score (nSPS) is 10.2. The Hall–Kier alpha value is -3.27. The summed E-state index contributed by atoms with van der Waals surface area (Å²) in [7, 11) is 1.08. The number of hydrogen-bond acceptors (Lipinski definition) is 0. The first-order valence-corrected chi connectivity index (χ1v) is 16.9. The van der Waals surface area contributed by atoms with Crippen molar-refractivity contribution in [1.82, 2.24) is 0 Å². The Morgan fingerprint density at radius 2 is 0.761 bits per heavy atom. The van der Waals surface area contributed by atoms with E-state index in [4.69, 9.17) is 0 Å². The molecule has 226 valence electrons. The van der Waals surface area contributed by atoms with Gasteiger partial charge in [-0.15, -0.1) is 69.1 Å². The van der Waals surface area contributed by atoms with E-state index in [1.54, 1.807) is 0 Å². The average molecular weight is 818 g/mol. The molecular weight excluding hydrogens is 782 g/mol. The Morgan fingerprint density at radius 3 is 1.13 bits per heavy atom. The van der Waals surface area contributed by atoms with Crippen molar-refractivity contribution in [3.05, 3.63) is 157 Å². The summed E-state index contributed by atoms with van der Waals surface area (Å²) in [5.74, 6) is 0. The average Bonchev–Trinajstić information content (AvgIpc) is 3.66. The van der Waals surface area contributed by atoms with Gasteiger partial charge in [-0.2, -0.15) is 0 Å². The molecule has 0 aliphatic carbocycles. The monoisotopic (exact) mass is 818 g/mol. The minimum Gasteiger partial charge on any atom is -1.00 e. The van der Waals surface area contributed by atoms with Crippen LogP contribution < -0.4 is 24.8 Å². The van der Waals surface area contributed by atoms with Crippen molar-refractivity contribution in [3.63, 3.8) is 0 Å². The van der Waals surface area contributed by atoms with Crippen molar-refractivity contribution in [1.29, 1.82) is 0 Å². The SMILES string of the molecule is C[Si]C.Cc1cc(-c2cc3ccccc3[cH-]2)c2ccccc2c1.Cc1cc(-c2cc3ccccc3[cH-]2)c2ccccc2c1.[Cl-].[Cl-].[Hf+4]. The number of halogens is 2. The number of fused-ring (bicyclic) bond motifs is 4. The van der Waals surface area contributed by atoms with Crippen LogP contribution in [-0.4, -0.2) is 9.52 Å². The number of rotatable bonds is 2. The predicted octanol–water partition coefficient (Wildman–Crippen LogP) is 6.17. The van der Waals surface area contributed by atoms with Gasteiger partial charge in [0.2, 0.25) is 0 Å². The molecule has 0 saturated carbocycles. The summed E-state index contributed by atoms with van der Waals surface area (Å²) in [5.41, 5.74) is 7.90. The summed E-state index contributed by atoms with van der Waals surface area (Å²) in [5, 5.41) is 10.5. The van der Waals surface area contributed by atoms with Gasteiger partial charge in [0.15, 0.2) is 0 Å². The van der Waals surface area contributed by atoms with Crippen LogP contribution in [0, 0.1) is 13.8 Å². The third-order valence-electron chi connectivity index (χ3n) is 7.87. The van der Waals surface area contributed by atoms with Gasteiger partial charge >= 0.3 is 25.8 Å². The van der Waals surface area contributed by atoms with Crippen LogP contribution in [-0.2, 0) is 25.8 Å². The standard InChI is InChI=1S/2C20H15.C2H6Si.2ClH.Hf/c2*1-14-10-17-8-4-5-9-19(17)20(11-14)18-12-15-6-2-3-7-16(15)13-18;1-3-2;;;/h2*2-13H,1H3;1-2H3;2*1H;/q2*-1;;;;+4/p-2. The minimum atomic E-state index is 0. The third-order valence-corrected chi connectivity index (χ3v) is 7.87. The van der Waals surface area contributed by atoms with Gasteiger partial charge in [0.05, 0.1) is 0 Å². The van der Waals surface area contributed by atoms with Gasteiger partial charge in [0, 0.05) is 9.52 Å². The van der Waals surface area contributed by atoms with Crippen molar-refractivity contribution >= 4 is 52.6 Å².